The highest BCUT2D eigenvalue weighted by Crippen LogP contribution is 2.15. The molecule has 0 heterocycles. The van der Waals surface area contributed by atoms with Gasteiger partial charge in [0, 0.05) is 5.56 Å². The second kappa shape index (κ2) is 7.35. The van der Waals surface area contributed by atoms with E-state index in [1.54, 1.807) is 36.5 Å². The first-order chi connectivity index (χ1) is 10.1. The zero-order valence-corrected chi connectivity index (χ0v) is 11.9. The molecule has 0 aliphatic rings. The Kier molecular flexibility index (Phi) is 5.22. The Morgan fingerprint density at radius 3 is 2.86 bits per heavy atom. The van der Waals surface area contributed by atoms with Crippen LogP contribution >= 0.6 is 12.2 Å². The van der Waals surface area contributed by atoms with Gasteiger partial charge in [-0.3, -0.25) is 5.43 Å². The van der Waals surface area contributed by atoms with Gasteiger partial charge in [0.2, 0.25) is 0 Å². The van der Waals surface area contributed by atoms with Gasteiger partial charge in [-0.1, -0.05) is 30.3 Å². The minimum absolute atomic E-state index is 0.0956. The standard InChI is InChI=1S/C15H14FN3OS/c16-14-7-2-1-5-12(14)10-20-13-6-3-4-11(8-13)9-18-19-15(17)21/h1-9H,10H2,(H3,17,19,21). The molecule has 2 aromatic rings. The van der Waals surface area contributed by atoms with Crippen LogP contribution < -0.4 is 15.9 Å². The summed E-state index contributed by atoms with van der Waals surface area (Å²) >= 11 is 4.64. The average Bonchev–Trinajstić information content (AvgIpc) is 2.46. The van der Waals surface area contributed by atoms with E-state index in [4.69, 9.17) is 10.5 Å². The van der Waals surface area contributed by atoms with Crippen LogP contribution in [0.3, 0.4) is 0 Å². The zero-order chi connectivity index (χ0) is 15.1. The Morgan fingerprint density at radius 1 is 1.29 bits per heavy atom. The molecule has 0 saturated heterocycles. The van der Waals surface area contributed by atoms with Gasteiger partial charge in [-0.25, -0.2) is 4.39 Å². The SMILES string of the molecule is NC(=S)NN=Cc1cccc(OCc2ccccc2F)c1. The number of hydrazone groups is 1. The summed E-state index contributed by atoms with van der Waals surface area (Å²) in [7, 11) is 0. The maximum Gasteiger partial charge on any atom is 0.184 e. The number of halogens is 1. The van der Waals surface area contributed by atoms with E-state index in [-0.39, 0.29) is 17.5 Å². The maximum absolute atomic E-state index is 13.5. The third-order valence-corrected chi connectivity index (χ3v) is 2.69. The lowest BCUT2D eigenvalue weighted by Crippen LogP contribution is -2.23. The number of ether oxygens (including phenoxy) is 1. The summed E-state index contributed by atoms with van der Waals surface area (Å²) in [4.78, 5) is 0. The van der Waals surface area contributed by atoms with Crippen molar-refractivity contribution in [2.75, 3.05) is 0 Å². The fourth-order valence-electron chi connectivity index (χ4n) is 1.63. The van der Waals surface area contributed by atoms with Gasteiger partial charge in [0.05, 0.1) is 6.21 Å². The van der Waals surface area contributed by atoms with Crippen LogP contribution in [0.5, 0.6) is 5.75 Å². The van der Waals surface area contributed by atoms with Gasteiger partial charge in [0.1, 0.15) is 18.2 Å². The lowest BCUT2D eigenvalue weighted by molar-refractivity contribution is 0.300. The molecule has 0 saturated carbocycles. The van der Waals surface area contributed by atoms with E-state index in [1.807, 2.05) is 12.1 Å². The number of rotatable bonds is 5. The van der Waals surface area contributed by atoms with Gasteiger partial charge in [-0.15, -0.1) is 0 Å². The molecule has 0 fully saturated rings. The smallest absolute Gasteiger partial charge is 0.184 e. The lowest BCUT2D eigenvalue weighted by atomic mass is 10.2. The molecule has 0 aliphatic carbocycles. The second-order valence-corrected chi connectivity index (χ2v) is 4.63. The molecule has 0 aliphatic heterocycles. The normalized spacial score (nSPS) is 10.5. The number of nitrogens with zero attached hydrogens (tertiary/aromatic N) is 1. The van der Waals surface area contributed by atoms with Crippen molar-refractivity contribution in [2.24, 2.45) is 10.8 Å². The van der Waals surface area contributed by atoms with E-state index in [0.717, 1.165) is 5.56 Å². The summed E-state index contributed by atoms with van der Waals surface area (Å²) in [5, 5.41) is 3.95. The van der Waals surface area contributed by atoms with Crippen molar-refractivity contribution in [3.8, 4) is 5.75 Å². The van der Waals surface area contributed by atoms with Crippen LogP contribution in [0.15, 0.2) is 53.6 Å². The first kappa shape index (κ1) is 14.9. The van der Waals surface area contributed by atoms with Gasteiger partial charge >= 0.3 is 0 Å². The number of thiocarbonyl (C=S) groups is 1. The fraction of sp³-hybridized carbons (Fsp3) is 0.0667. The van der Waals surface area contributed by atoms with E-state index in [0.29, 0.717) is 11.3 Å². The maximum atomic E-state index is 13.5. The first-order valence-electron chi connectivity index (χ1n) is 6.20. The molecule has 4 nitrogen and oxygen atoms in total. The van der Waals surface area contributed by atoms with Crippen LogP contribution in [-0.2, 0) is 6.61 Å². The van der Waals surface area contributed by atoms with Gasteiger partial charge < -0.3 is 10.5 Å². The van der Waals surface area contributed by atoms with Crippen LogP contribution in [0.4, 0.5) is 4.39 Å². The van der Waals surface area contributed by atoms with Crippen LogP contribution in [-0.4, -0.2) is 11.3 Å². The Morgan fingerprint density at radius 2 is 2.10 bits per heavy atom. The van der Waals surface area contributed by atoms with Crippen molar-refractivity contribution in [1.82, 2.24) is 5.43 Å². The van der Waals surface area contributed by atoms with Crippen LogP contribution in [0.25, 0.3) is 0 Å². The second-order valence-electron chi connectivity index (χ2n) is 4.19. The number of hydrogen-bond donors (Lipinski definition) is 2. The molecule has 6 heteroatoms. The molecule has 2 rings (SSSR count). The van der Waals surface area contributed by atoms with Gasteiger partial charge in [-0.2, -0.15) is 5.10 Å². The quantitative estimate of drug-likeness (QED) is 0.506. The van der Waals surface area contributed by atoms with Crippen molar-refractivity contribution in [1.29, 1.82) is 0 Å². The summed E-state index contributed by atoms with van der Waals surface area (Å²) < 4.78 is 19.0. The molecule has 108 valence electrons. The number of hydrogen-bond acceptors (Lipinski definition) is 3. The van der Waals surface area contributed by atoms with E-state index >= 15 is 0 Å². The summed E-state index contributed by atoms with van der Waals surface area (Å²) in [6.07, 6.45) is 1.56. The van der Waals surface area contributed by atoms with E-state index < -0.39 is 0 Å². The predicted molar refractivity (Wildman–Crippen MR) is 84.7 cm³/mol. The molecule has 0 unspecified atom stereocenters. The number of nitrogens with one attached hydrogen (secondary N) is 1. The van der Waals surface area contributed by atoms with E-state index in [9.17, 15) is 4.39 Å². The van der Waals surface area contributed by atoms with E-state index in [1.165, 1.54) is 6.07 Å². The molecule has 21 heavy (non-hydrogen) atoms. The molecular weight excluding hydrogens is 289 g/mol. The Balaban J connectivity index is 1.99. The van der Waals surface area contributed by atoms with Gasteiger partial charge in [0.25, 0.3) is 0 Å². The Labute approximate surface area is 127 Å². The van der Waals surface area contributed by atoms with Crippen molar-refractivity contribution in [3.63, 3.8) is 0 Å². The topological polar surface area (TPSA) is 59.6 Å². The monoisotopic (exact) mass is 303 g/mol. The van der Waals surface area contributed by atoms with E-state index in [2.05, 4.69) is 22.7 Å². The van der Waals surface area contributed by atoms with Crippen molar-refractivity contribution in [3.05, 3.63) is 65.5 Å². The average molecular weight is 303 g/mol. The number of nitrogens with two attached hydrogens (primary N) is 1. The zero-order valence-electron chi connectivity index (χ0n) is 11.1. The Bertz CT molecular complexity index is 661. The highest BCUT2D eigenvalue weighted by molar-refractivity contribution is 7.80. The van der Waals surface area contributed by atoms with Gasteiger partial charge in [-0.05, 0) is 36.0 Å². The minimum atomic E-state index is -0.282. The minimum Gasteiger partial charge on any atom is -0.489 e. The highest BCUT2D eigenvalue weighted by Gasteiger charge is 2.02. The molecular formula is C15H14FN3OS. The van der Waals surface area contributed by atoms with Crippen LogP contribution in [0.2, 0.25) is 0 Å². The van der Waals surface area contributed by atoms with Crippen molar-refractivity contribution < 1.29 is 9.13 Å². The molecule has 2 aromatic carbocycles. The summed E-state index contributed by atoms with van der Waals surface area (Å²) in [6, 6.07) is 13.7. The molecule has 0 spiro atoms. The van der Waals surface area contributed by atoms with Crippen molar-refractivity contribution >= 4 is 23.5 Å². The Hall–Kier alpha value is -2.47. The fourth-order valence-corrected chi connectivity index (χ4v) is 1.68. The first-order valence-corrected chi connectivity index (χ1v) is 6.61. The van der Waals surface area contributed by atoms with Crippen LogP contribution in [0, 0.1) is 5.82 Å². The summed E-state index contributed by atoms with van der Waals surface area (Å²) in [5.74, 6) is 0.341. The molecule has 0 aromatic heterocycles. The van der Waals surface area contributed by atoms with Crippen LogP contribution in [0.1, 0.15) is 11.1 Å². The number of benzene rings is 2. The molecule has 0 bridgehead atoms. The molecule has 0 amide bonds. The predicted octanol–water partition coefficient (Wildman–Crippen LogP) is 2.57. The third-order valence-electron chi connectivity index (χ3n) is 2.60. The van der Waals surface area contributed by atoms with Crippen molar-refractivity contribution in [2.45, 2.75) is 6.61 Å². The summed E-state index contributed by atoms with van der Waals surface area (Å²) in [6.45, 7) is 0.165. The summed E-state index contributed by atoms with van der Waals surface area (Å²) in [5.41, 5.74) is 9.04. The molecule has 3 N–H and O–H groups in total. The van der Waals surface area contributed by atoms with Gasteiger partial charge in [0.15, 0.2) is 5.11 Å². The molecule has 0 atom stereocenters. The lowest BCUT2D eigenvalue weighted by Gasteiger charge is -2.07. The largest absolute Gasteiger partial charge is 0.489 e. The molecule has 0 radical (unpaired) electrons. The third kappa shape index (κ3) is 4.85. The highest BCUT2D eigenvalue weighted by atomic mass is 32.1.